The quantitative estimate of drug-likeness (QED) is 0.591. The van der Waals surface area contributed by atoms with Crippen molar-refractivity contribution in [1.82, 2.24) is 0 Å². The van der Waals surface area contributed by atoms with Crippen molar-refractivity contribution < 1.29 is 0 Å². The summed E-state index contributed by atoms with van der Waals surface area (Å²) in [5.74, 6) is 0. The first-order valence-corrected chi connectivity index (χ1v) is 5.12. The maximum absolute atomic E-state index is 5.34. The molecule has 0 saturated carbocycles. The molecule has 2 N–H and O–H groups in total. The van der Waals surface area contributed by atoms with Gasteiger partial charge < -0.3 is 5.73 Å². The van der Waals surface area contributed by atoms with Gasteiger partial charge in [0.15, 0.2) is 0 Å². The molecule has 0 aliphatic rings. The van der Waals surface area contributed by atoms with Crippen molar-refractivity contribution in [3.8, 4) is 0 Å². The number of hydrogen-bond donors (Lipinski definition) is 1. The molecule has 0 amide bonds. The van der Waals surface area contributed by atoms with Crippen LogP contribution in [0.25, 0.3) is 0 Å². The van der Waals surface area contributed by atoms with Gasteiger partial charge in [-0.1, -0.05) is 52.9 Å². The molecule has 0 rings (SSSR count). The monoisotopic (exact) mass is 159 g/mol. The van der Waals surface area contributed by atoms with Crippen molar-refractivity contribution in [3.63, 3.8) is 0 Å². The van der Waals surface area contributed by atoms with Crippen LogP contribution in [0.5, 0.6) is 0 Å². The molecule has 0 unspecified atom stereocenters. The van der Waals surface area contributed by atoms with Gasteiger partial charge in [0.25, 0.3) is 0 Å². The Kier molecular flexibility index (Phi) is 20.3. The SMILES string of the molecule is CC.CCCCCCCCN. The molecule has 70 valence electrons. The molecule has 0 aliphatic heterocycles. The van der Waals surface area contributed by atoms with E-state index in [1.165, 1.54) is 38.5 Å². The van der Waals surface area contributed by atoms with Crippen LogP contribution >= 0.6 is 0 Å². The van der Waals surface area contributed by atoms with Gasteiger partial charge in [-0.05, 0) is 13.0 Å². The fraction of sp³-hybridized carbons (Fsp3) is 1.00. The second kappa shape index (κ2) is 16.5. The Hall–Kier alpha value is -0.0400. The Labute approximate surface area is 72.4 Å². The summed E-state index contributed by atoms with van der Waals surface area (Å²) in [6.45, 7) is 7.11. The molecule has 0 saturated heterocycles. The van der Waals surface area contributed by atoms with E-state index in [1.807, 2.05) is 13.8 Å². The van der Waals surface area contributed by atoms with Gasteiger partial charge in [-0.3, -0.25) is 0 Å². The lowest BCUT2D eigenvalue weighted by molar-refractivity contribution is 0.612. The largest absolute Gasteiger partial charge is 0.330 e. The van der Waals surface area contributed by atoms with Crippen LogP contribution in [0, 0.1) is 0 Å². The first-order valence-electron chi connectivity index (χ1n) is 5.12. The van der Waals surface area contributed by atoms with Crippen LogP contribution < -0.4 is 5.73 Å². The molecule has 0 aromatic carbocycles. The van der Waals surface area contributed by atoms with Crippen LogP contribution in [0.15, 0.2) is 0 Å². The van der Waals surface area contributed by atoms with Crippen LogP contribution in [0.1, 0.15) is 59.3 Å². The Morgan fingerprint density at radius 1 is 0.818 bits per heavy atom. The second-order valence-electron chi connectivity index (χ2n) is 2.56. The molecule has 11 heavy (non-hydrogen) atoms. The number of rotatable bonds is 6. The fourth-order valence-electron chi connectivity index (χ4n) is 0.925. The molecular formula is C10H25N. The zero-order valence-electron chi connectivity index (χ0n) is 8.53. The van der Waals surface area contributed by atoms with E-state index in [9.17, 15) is 0 Å². The molecule has 0 atom stereocenters. The molecule has 1 heteroatoms. The summed E-state index contributed by atoms with van der Waals surface area (Å²) in [5, 5.41) is 0. The highest BCUT2D eigenvalue weighted by Crippen LogP contribution is 2.03. The minimum Gasteiger partial charge on any atom is -0.330 e. The summed E-state index contributed by atoms with van der Waals surface area (Å²) in [6, 6.07) is 0. The third-order valence-corrected chi connectivity index (χ3v) is 1.56. The van der Waals surface area contributed by atoms with Gasteiger partial charge in [-0.25, -0.2) is 0 Å². The van der Waals surface area contributed by atoms with E-state index in [4.69, 9.17) is 5.73 Å². The maximum atomic E-state index is 5.34. The minimum atomic E-state index is 0.867. The Morgan fingerprint density at radius 3 is 1.73 bits per heavy atom. The summed E-state index contributed by atoms with van der Waals surface area (Å²) in [5.41, 5.74) is 5.34. The average molecular weight is 159 g/mol. The van der Waals surface area contributed by atoms with E-state index in [1.54, 1.807) is 0 Å². The normalized spacial score (nSPS) is 8.73. The summed E-state index contributed by atoms with van der Waals surface area (Å²) < 4.78 is 0. The molecule has 0 fully saturated rings. The summed E-state index contributed by atoms with van der Waals surface area (Å²) in [7, 11) is 0. The second-order valence-corrected chi connectivity index (χ2v) is 2.56. The summed E-state index contributed by atoms with van der Waals surface area (Å²) in [4.78, 5) is 0. The molecule has 0 aliphatic carbocycles. The number of unbranched alkanes of at least 4 members (excludes halogenated alkanes) is 5. The van der Waals surface area contributed by atoms with Gasteiger partial charge in [0, 0.05) is 0 Å². The van der Waals surface area contributed by atoms with Crippen molar-refractivity contribution in [3.05, 3.63) is 0 Å². The van der Waals surface area contributed by atoms with Gasteiger partial charge in [0.05, 0.1) is 0 Å². The third-order valence-electron chi connectivity index (χ3n) is 1.56. The van der Waals surface area contributed by atoms with Crippen LogP contribution in [-0.4, -0.2) is 6.54 Å². The molecule has 0 aromatic heterocycles. The molecule has 0 heterocycles. The molecule has 0 radical (unpaired) electrons. The Bertz CT molecular complexity index is 38.1. The summed E-state index contributed by atoms with van der Waals surface area (Å²) in [6.07, 6.45) is 8.05. The van der Waals surface area contributed by atoms with Crippen LogP contribution in [0.2, 0.25) is 0 Å². The molecular weight excluding hydrogens is 134 g/mol. The third kappa shape index (κ3) is 17.8. The lowest BCUT2D eigenvalue weighted by Crippen LogP contribution is -1.97. The molecule has 1 nitrogen and oxygen atoms in total. The topological polar surface area (TPSA) is 26.0 Å². The molecule has 0 aromatic rings. The molecule has 0 bridgehead atoms. The standard InChI is InChI=1S/C8H19N.C2H6/c1-2-3-4-5-6-7-8-9;1-2/h2-9H2,1H3;1-2H3. The lowest BCUT2D eigenvalue weighted by atomic mass is 10.1. The number of nitrogens with two attached hydrogens (primary N) is 1. The Balaban J connectivity index is 0. The Morgan fingerprint density at radius 2 is 1.27 bits per heavy atom. The van der Waals surface area contributed by atoms with E-state index in [-0.39, 0.29) is 0 Å². The van der Waals surface area contributed by atoms with Gasteiger partial charge in [0.2, 0.25) is 0 Å². The lowest BCUT2D eigenvalue weighted by Gasteiger charge is -1.96. The average Bonchev–Trinajstić information content (AvgIpc) is 2.08. The van der Waals surface area contributed by atoms with Gasteiger partial charge in [0.1, 0.15) is 0 Å². The van der Waals surface area contributed by atoms with E-state index < -0.39 is 0 Å². The van der Waals surface area contributed by atoms with Gasteiger partial charge >= 0.3 is 0 Å². The van der Waals surface area contributed by atoms with Crippen LogP contribution in [0.3, 0.4) is 0 Å². The number of hydrogen-bond acceptors (Lipinski definition) is 1. The van der Waals surface area contributed by atoms with E-state index in [0.29, 0.717) is 0 Å². The highest BCUT2D eigenvalue weighted by Gasteiger charge is 1.85. The highest BCUT2D eigenvalue weighted by atomic mass is 14.5. The van der Waals surface area contributed by atoms with Gasteiger partial charge in [-0.15, -0.1) is 0 Å². The highest BCUT2D eigenvalue weighted by molar-refractivity contribution is 4.43. The zero-order valence-corrected chi connectivity index (χ0v) is 8.53. The fourth-order valence-corrected chi connectivity index (χ4v) is 0.925. The smallest absolute Gasteiger partial charge is 0.00773 e. The first-order chi connectivity index (χ1) is 5.41. The zero-order chi connectivity index (χ0) is 8.95. The van der Waals surface area contributed by atoms with Gasteiger partial charge in [-0.2, -0.15) is 0 Å². The first kappa shape index (κ1) is 13.5. The van der Waals surface area contributed by atoms with Crippen LogP contribution in [0.4, 0.5) is 0 Å². The predicted octanol–water partition coefficient (Wildman–Crippen LogP) is 3.33. The summed E-state index contributed by atoms with van der Waals surface area (Å²) >= 11 is 0. The van der Waals surface area contributed by atoms with Crippen molar-refractivity contribution in [1.29, 1.82) is 0 Å². The van der Waals surface area contributed by atoms with E-state index in [2.05, 4.69) is 6.92 Å². The minimum absolute atomic E-state index is 0.867. The van der Waals surface area contributed by atoms with Crippen molar-refractivity contribution in [2.45, 2.75) is 59.3 Å². The predicted molar refractivity (Wildman–Crippen MR) is 53.8 cm³/mol. The van der Waals surface area contributed by atoms with E-state index >= 15 is 0 Å². The molecule has 0 spiro atoms. The maximum Gasteiger partial charge on any atom is -0.00773 e. The van der Waals surface area contributed by atoms with Crippen molar-refractivity contribution in [2.75, 3.05) is 6.54 Å². The van der Waals surface area contributed by atoms with E-state index in [0.717, 1.165) is 6.54 Å². The van der Waals surface area contributed by atoms with Crippen LogP contribution in [-0.2, 0) is 0 Å². The van der Waals surface area contributed by atoms with Crippen molar-refractivity contribution >= 4 is 0 Å². The van der Waals surface area contributed by atoms with Crippen molar-refractivity contribution in [2.24, 2.45) is 5.73 Å².